The zero-order valence-corrected chi connectivity index (χ0v) is 9.78. The van der Waals surface area contributed by atoms with Gasteiger partial charge in [-0.3, -0.25) is 4.79 Å². The summed E-state index contributed by atoms with van der Waals surface area (Å²) < 4.78 is 0. The molecule has 8 nitrogen and oxygen atoms in total. The minimum absolute atomic E-state index is 0.520. The van der Waals surface area contributed by atoms with Crippen molar-refractivity contribution in [2.24, 2.45) is 11.5 Å². The smallest absolute Gasteiger partial charge is 0.328 e. The molecule has 1 atom stereocenters. The predicted molar refractivity (Wildman–Crippen MR) is 62.9 cm³/mol. The fourth-order valence-corrected chi connectivity index (χ4v) is 0.775. The van der Waals surface area contributed by atoms with Crippen molar-refractivity contribution in [2.75, 3.05) is 6.54 Å². The van der Waals surface area contributed by atoms with Crippen LogP contribution >= 0.6 is 0 Å². The summed E-state index contributed by atoms with van der Waals surface area (Å²) in [5, 5.41) is 23.9. The van der Waals surface area contributed by atoms with E-state index in [0.717, 1.165) is 12.8 Å². The molecule has 18 heavy (non-hydrogen) atoms. The Morgan fingerprint density at radius 1 is 1.00 bits per heavy atom. The Balaban J connectivity index is 0. The maximum atomic E-state index is 10.1. The molecule has 0 aliphatic rings. The first-order chi connectivity index (χ1) is 8.31. The molecule has 7 N–H and O–H groups in total. The molecule has 0 fully saturated rings. The fraction of sp³-hybridized carbons (Fsp3) is 0.500. The molecule has 0 saturated heterocycles. The number of carboxylic acid groups (broad SMARTS) is 3. The lowest BCUT2D eigenvalue weighted by Gasteiger charge is -2.03. The van der Waals surface area contributed by atoms with E-state index in [2.05, 4.69) is 0 Å². The third-order valence-electron chi connectivity index (χ3n) is 1.65. The zero-order chi connectivity index (χ0) is 14.6. The van der Waals surface area contributed by atoms with Gasteiger partial charge in [-0.05, 0) is 19.4 Å². The SMILES string of the molecule is NCCCC[C@H](N)C(=O)O.O=C(O)C=CC(=O)O. The standard InChI is InChI=1S/C6H14N2O2.C4H4O4/c7-4-2-1-3-5(8)6(9)10;5-3(6)1-2-4(7)8/h5H,1-4,7-8H2,(H,9,10);1-2H,(H,5,6)(H,7,8)/t5-;/m0./s1. The summed E-state index contributed by atoms with van der Waals surface area (Å²) in [5.74, 6) is -3.45. The second-order valence-electron chi connectivity index (χ2n) is 3.24. The highest BCUT2D eigenvalue weighted by Crippen LogP contribution is 1.96. The van der Waals surface area contributed by atoms with E-state index < -0.39 is 23.9 Å². The minimum Gasteiger partial charge on any atom is -0.480 e. The Morgan fingerprint density at radius 2 is 1.44 bits per heavy atom. The number of nitrogens with two attached hydrogens (primary N) is 2. The lowest BCUT2D eigenvalue weighted by atomic mass is 10.1. The van der Waals surface area contributed by atoms with Crippen LogP contribution in [0.25, 0.3) is 0 Å². The molecule has 0 aromatic heterocycles. The van der Waals surface area contributed by atoms with Crippen LogP contribution in [0, 0.1) is 0 Å². The van der Waals surface area contributed by atoms with Gasteiger partial charge in [0.25, 0.3) is 0 Å². The van der Waals surface area contributed by atoms with Crippen LogP contribution in [0.1, 0.15) is 19.3 Å². The van der Waals surface area contributed by atoms with Gasteiger partial charge in [-0.2, -0.15) is 0 Å². The molecule has 0 radical (unpaired) electrons. The van der Waals surface area contributed by atoms with Crippen molar-refractivity contribution in [1.29, 1.82) is 0 Å². The number of aliphatic carboxylic acids is 3. The monoisotopic (exact) mass is 262 g/mol. The van der Waals surface area contributed by atoms with Crippen molar-refractivity contribution in [1.82, 2.24) is 0 Å². The first kappa shape index (κ1) is 18.4. The van der Waals surface area contributed by atoms with Gasteiger partial charge in [-0.15, -0.1) is 0 Å². The van der Waals surface area contributed by atoms with Gasteiger partial charge in [0.15, 0.2) is 0 Å². The van der Waals surface area contributed by atoms with E-state index in [1.807, 2.05) is 0 Å². The van der Waals surface area contributed by atoms with Crippen LogP contribution in [-0.2, 0) is 14.4 Å². The van der Waals surface area contributed by atoms with E-state index in [1.165, 1.54) is 0 Å². The summed E-state index contributed by atoms with van der Waals surface area (Å²) in [6, 6.07) is -0.716. The van der Waals surface area contributed by atoms with E-state index in [4.69, 9.17) is 26.8 Å². The van der Waals surface area contributed by atoms with Crippen LogP contribution in [0.5, 0.6) is 0 Å². The lowest BCUT2D eigenvalue weighted by molar-refractivity contribution is -0.138. The highest BCUT2D eigenvalue weighted by molar-refractivity contribution is 5.89. The molecule has 8 heteroatoms. The summed E-state index contributed by atoms with van der Waals surface area (Å²) >= 11 is 0. The van der Waals surface area contributed by atoms with Gasteiger partial charge in [0.1, 0.15) is 6.04 Å². The van der Waals surface area contributed by atoms with Gasteiger partial charge in [0, 0.05) is 12.2 Å². The summed E-state index contributed by atoms with van der Waals surface area (Å²) in [4.78, 5) is 29.2. The van der Waals surface area contributed by atoms with Crippen LogP contribution in [0.2, 0.25) is 0 Å². The Morgan fingerprint density at radius 3 is 1.72 bits per heavy atom. The molecule has 0 aliphatic carbocycles. The van der Waals surface area contributed by atoms with Crippen molar-refractivity contribution in [2.45, 2.75) is 25.3 Å². The molecular weight excluding hydrogens is 244 g/mol. The topological polar surface area (TPSA) is 164 Å². The highest BCUT2D eigenvalue weighted by atomic mass is 16.4. The largest absolute Gasteiger partial charge is 0.480 e. The van der Waals surface area contributed by atoms with Gasteiger partial charge in [-0.1, -0.05) is 6.42 Å². The van der Waals surface area contributed by atoms with Gasteiger partial charge < -0.3 is 26.8 Å². The molecule has 0 unspecified atom stereocenters. The van der Waals surface area contributed by atoms with E-state index in [0.29, 0.717) is 25.1 Å². The quantitative estimate of drug-likeness (QED) is 0.295. The summed E-state index contributed by atoms with van der Waals surface area (Å²) in [6.07, 6.45) is 3.28. The fourth-order valence-electron chi connectivity index (χ4n) is 0.775. The average molecular weight is 262 g/mol. The van der Waals surface area contributed by atoms with Crippen molar-refractivity contribution in [3.8, 4) is 0 Å². The third kappa shape index (κ3) is 16.5. The molecule has 0 amide bonds. The number of hydrogen-bond acceptors (Lipinski definition) is 5. The van der Waals surface area contributed by atoms with E-state index in [-0.39, 0.29) is 0 Å². The Hall–Kier alpha value is -1.93. The summed E-state index contributed by atoms with van der Waals surface area (Å²) in [5.41, 5.74) is 10.4. The Kier molecular flexibility index (Phi) is 11.8. The van der Waals surface area contributed by atoms with Crippen LogP contribution in [0.3, 0.4) is 0 Å². The summed E-state index contributed by atoms with van der Waals surface area (Å²) in [7, 11) is 0. The second kappa shape index (κ2) is 11.6. The number of hydrogen-bond donors (Lipinski definition) is 5. The van der Waals surface area contributed by atoms with Gasteiger partial charge >= 0.3 is 17.9 Å². The summed E-state index contributed by atoms with van der Waals surface area (Å²) in [6.45, 7) is 0.604. The third-order valence-corrected chi connectivity index (χ3v) is 1.65. The molecule has 0 aromatic carbocycles. The number of unbranched alkanes of at least 4 members (excludes halogenated alkanes) is 1. The first-order valence-electron chi connectivity index (χ1n) is 5.13. The molecule has 0 aliphatic heterocycles. The molecule has 0 heterocycles. The van der Waals surface area contributed by atoms with E-state index >= 15 is 0 Å². The Bertz CT molecular complexity index is 287. The van der Waals surface area contributed by atoms with Gasteiger partial charge in [0.2, 0.25) is 0 Å². The minimum atomic E-state index is -1.26. The maximum Gasteiger partial charge on any atom is 0.328 e. The first-order valence-corrected chi connectivity index (χ1v) is 5.13. The normalized spacial score (nSPS) is 11.4. The molecule has 104 valence electrons. The van der Waals surface area contributed by atoms with Crippen LogP contribution in [0.4, 0.5) is 0 Å². The predicted octanol–water partition coefficient (Wildman–Crippen LogP) is -0.761. The molecule has 0 spiro atoms. The molecule has 0 aromatic rings. The average Bonchev–Trinajstić information content (AvgIpc) is 2.27. The number of rotatable bonds is 7. The van der Waals surface area contributed by atoms with E-state index in [9.17, 15) is 14.4 Å². The second-order valence-corrected chi connectivity index (χ2v) is 3.24. The van der Waals surface area contributed by atoms with Crippen LogP contribution in [-0.4, -0.2) is 45.8 Å². The van der Waals surface area contributed by atoms with E-state index in [1.54, 1.807) is 0 Å². The van der Waals surface area contributed by atoms with Crippen molar-refractivity contribution in [3.63, 3.8) is 0 Å². The lowest BCUT2D eigenvalue weighted by Crippen LogP contribution is -2.29. The molecule has 0 rings (SSSR count). The zero-order valence-electron chi connectivity index (χ0n) is 9.78. The van der Waals surface area contributed by atoms with Gasteiger partial charge in [-0.25, -0.2) is 9.59 Å². The van der Waals surface area contributed by atoms with Crippen molar-refractivity contribution in [3.05, 3.63) is 12.2 Å². The molecular formula is C10H18N2O6. The van der Waals surface area contributed by atoms with Crippen molar-refractivity contribution >= 4 is 17.9 Å². The number of carboxylic acids is 3. The van der Waals surface area contributed by atoms with Crippen molar-refractivity contribution < 1.29 is 29.7 Å². The maximum absolute atomic E-state index is 10.1. The highest BCUT2D eigenvalue weighted by Gasteiger charge is 2.09. The van der Waals surface area contributed by atoms with Crippen LogP contribution < -0.4 is 11.5 Å². The van der Waals surface area contributed by atoms with Gasteiger partial charge in [0.05, 0.1) is 0 Å². The Labute approximate surface area is 104 Å². The van der Waals surface area contributed by atoms with Crippen LogP contribution in [0.15, 0.2) is 12.2 Å². The molecule has 0 bridgehead atoms. The number of carbonyl (C=O) groups is 3. The molecule has 0 saturated carbocycles.